The topological polar surface area (TPSA) is 80.6 Å². The molecular formula is C17H25N5O3. The average molecular weight is 347 g/mol. The van der Waals surface area contributed by atoms with Gasteiger partial charge in [0.15, 0.2) is 5.82 Å². The summed E-state index contributed by atoms with van der Waals surface area (Å²) in [7, 11) is 0. The van der Waals surface area contributed by atoms with Crippen LogP contribution >= 0.6 is 0 Å². The first kappa shape index (κ1) is 16.5. The SMILES string of the molecule is C[C@H]1CN(C(=O)CN2CCCC2=O)Cc2nnc(C3CCOCC3)n21. The summed E-state index contributed by atoms with van der Waals surface area (Å²) >= 11 is 0. The predicted octanol–water partition coefficient (Wildman–Crippen LogP) is 0.698. The van der Waals surface area contributed by atoms with Crippen molar-refractivity contribution in [3.8, 4) is 0 Å². The number of nitrogens with zero attached hydrogens (tertiary/aromatic N) is 5. The van der Waals surface area contributed by atoms with E-state index in [1.54, 1.807) is 4.90 Å². The van der Waals surface area contributed by atoms with Gasteiger partial charge in [-0.25, -0.2) is 0 Å². The number of hydrogen-bond donors (Lipinski definition) is 0. The van der Waals surface area contributed by atoms with Gasteiger partial charge in [0.25, 0.3) is 0 Å². The van der Waals surface area contributed by atoms with Gasteiger partial charge in [0, 0.05) is 38.6 Å². The first-order valence-corrected chi connectivity index (χ1v) is 9.20. The van der Waals surface area contributed by atoms with Crippen molar-refractivity contribution in [1.82, 2.24) is 24.6 Å². The average Bonchev–Trinajstić information content (AvgIpc) is 3.22. The Bertz CT molecular complexity index is 667. The van der Waals surface area contributed by atoms with E-state index in [2.05, 4.69) is 21.7 Å². The Kier molecular flexibility index (Phi) is 4.45. The molecule has 2 amide bonds. The fourth-order valence-corrected chi connectivity index (χ4v) is 4.12. The smallest absolute Gasteiger partial charge is 0.242 e. The lowest BCUT2D eigenvalue weighted by Gasteiger charge is -2.34. The molecule has 0 radical (unpaired) electrons. The molecule has 0 aliphatic carbocycles. The molecule has 0 spiro atoms. The number of carbonyl (C=O) groups excluding carboxylic acids is 2. The van der Waals surface area contributed by atoms with Gasteiger partial charge < -0.3 is 19.1 Å². The van der Waals surface area contributed by atoms with Crippen molar-refractivity contribution in [2.45, 2.75) is 51.1 Å². The highest BCUT2D eigenvalue weighted by molar-refractivity contribution is 5.85. The molecule has 2 fully saturated rings. The maximum Gasteiger partial charge on any atom is 0.242 e. The van der Waals surface area contributed by atoms with Crippen LogP contribution < -0.4 is 0 Å². The van der Waals surface area contributed by atoms with Gasteiger partial charge >= 0.3 is 0 Å². The number of amides is 2. The largest absolute Gasteiger partial charge is 0.381 e. The van der Waals surface area contributed by atoms with E-state index in [1.165, 1.54) is 0 Å². The molecule has 4 heterocycles. The van der Waals surface area contributed by atoms with Crippen LogP contribution in [-0.2, 0) is 20.9 Å². The number of rotatable bonds is 3. The molecule has 1 aromatic heterocycles. The summed E-state index contributed by atoms with van der Waals surface area (Å²) in [5, 5.41) is 8.80. The second-order valence-corrected chi connectivity index (χ2v) is 7.27. The molecule has 8 nitrogen and oxygen atoms in total. The van der Waals surface area contributed by atoms with Crippen LogP contribution in [0.1, 0.15) is 56.2 Å². The van der Waals surface area contributed by atoms with Crippen molar-refractivity contribution in [3.63, 3.8) is 0 Å². The molecule has 3 aliphatic rings. The Morgan fingerprint density at radius 1 is 1.28 bits per heavy atom. The quantitative estimate of drug-likeness (QED) is 0.804. The van der Waals surface area contributed by atoms with E-state index in [0.29, 0.717) is 32.0 Å². The molecule has 8 heteroatoms. The standard InChI is InChI=1S/C17H25N5O3/c1-12-9-21(16(24)11-20-6-2-3-15(20)23)10-14-18-19-17(22(12)14)13-4-7-25-8-5-13/h12-13H,2-11H2,1H3/t12-/m0/s1. The highest BCUT2D eigenvalue weighted by atomic mass is 16.5. The summed E-state index contributed by atoms with van der Waals surface area (Å²) in [6.45, 7) is 5.65. The number of ether oxygens (including phenoxy) is 1. The fourth-order valence-electron chi connectivity index (χ4n) is 4.12. The zero-order valence-corrected chi connectivity index (χ0v) is 14.7. The Morgan fingerprint density at radius 3 is 2.80 bits per heavy atom. The summed E-state index contributed by atoms with van der Waals surface area (Å²) in [6, 6.07) is 0.148. The molecule has 0 bridgehead atoms. The van der Waals surface area contributed by atoms with Crippen LogP contribution in [0.25, 0.3) is 0 Å². The van der Waals surface area contributed by atoms with Gasteiger partial charge in [-0.05, 0) is 26.2 Å². The summed E-state index contributed by atoms with van der Waals surface area (Å²) < 4.78 is 7.66. The lowest BCUT2D eigenvalue weighted by molar-refractivity contribution is -0.139. The highest BCUT2D eigenvalue weighted by Gasteiger charge is 2.33. The summed E-state index contributed by atoms with van der Waals surface area (Å²) in [6.07, 6.45) is 3.37. The minimum Gasteiger partial charge on any atom is -0.381 e. The van der Waals surface area contributed by atoms with E-state index >= 15 is 0 Å². The molecule has 2 saturated heterocycles. The van der Waals surface area contributed by atoms with Gasteiger partial charge in [-0.2, -0.15) is 0 Å². The van der Waals surface area contributed by atoms with Crippen molar-refractivity contribution in [1.29, 1.82) is 0 Å². The van der Waals surface area contributed by atoms with Gasteiger partial charge in [-0.15, -0.1) is 10.2 Å². The van der Waals surface area contributed by atoms with Crippen molar-refractivity contribution < 1.29 is 14.3 Å². The molecule has 0 N–H and O–H groups in total. The van der Waals surface area contributed by atoms with Crippen molar-refractivity contribution in [3.05, 3.63) is 11.6 Å². The number of likely N-dealkylation sites (tertiary alicyclic amines) is 1. The van der Waals surface area contributed by atoms with Crippen molar-refractivity contribution in [2.24, 2.45) is 0 Å². The van der Waals surface area contributed by atoms with E-state index in [1.807, 2.05) is 4.90 Å². The minimum absolute atomic E-state index is 0.00367. The monoisotopic (exact) mass is 347 g/mol. The second kappa shape index (κ2) is 6.74. The minimum atomic E-state index is 0.00367. The van der Waals surface area contributed by atoms with Crippen molar-refractivity contribution in [2.75, 3.05) is 32.8 Å². The van der Waals surface area contributed by atoms with E-state index in [-0.39, 0.29) is 24.4 Å². The van der Waals surface area contributed by atoms with Crippen LogP contribution in [0.15, 0.2) is 0 Å². The van der Waals surface area contributed by atoms with Crippen LogP contribution in [0.2, 0.25) is 0 Å². The summed E-state index contributed by atoms with van der Waals surface area (Å²) in [4.78, 5) is 27.9. The molecule has 25 heavy (non-hydrogen) atoms. The predicted molar refractivity (Wildman–Crippen MR) is 88.8 cm³/mol. The molecule has 1 atom stereocenters. The van der Waals surface area contributed by atoms with E-state index in [0.717, 1.165) is 44.1 Å². The lowest BCUT2D eigenvalue weighted by atomic mass is 9.99. The van der Waals surface area contributed by atoms with Crippen LogP contribution in [-0.4, -0.2) is 69.2 Å². The zero-order chi connectivity index (χ0) is 17.4. The van der Waals surface area contributed by atoms with Crippen LogP contribution in [0, 0.1) is 0 Å². The van der Waals surface area contributed by atoms with Crippen LogP contribution in [0.3, 0.4) is 0 Å². The number of hydrogen-bond acceptors (Lipinski definition) is 5. The molecule has 0 saturated carbocycles. The maximum absolute atomic E-state index is 12.6. The Balaban J connectivity index is 1.47. The Morgan fingerprint density at radius 2 is 2.08 bits per heavy atom. The zero-order valence-electron chi connectivity index (χ0n) is 14.7. The van der Waals surface area contributed by atoms with Crippen molar-refractivity contribution >= 4 is 11.8 Å². The second-order valence-electron chi connectivity index (χ2n) is 7.27. The Labute approximate surface area is 147 Å². The van der Waals surface area contributed by atoms with Gasteiger partial charge in [0.2, 0.25) is 11.8 Å². The molecule has 4 rings (SSSR count). The molecule has 0 aromatic carbocycles. The van der Waals surface area contributed by atoms with Gasteiger partial charge in [0.05, 0.1) is 19.1 Å². The van der Waals surface area contributed by atoms with Gasteiger partial charge in [-0.3, -0.25) is 9.59 Å². The van der Waals surface area contributed by atoms with E-state index < -0.39 is 0 Å². The number of carbonyl (C=O) groups is 2. The summed E-state index contributed by atoms with van der Waals surface area (Å²) in [5.41, 5.74) is 0. The Hall–Kier alpha value is -1.96. The third-order valence-corrected chi connectivity index (χ3v) is 5.49. The highest BCUT2D eigenvalue weighted by Crippen LogP contribution is 2.30. The first-order chi connectivity index (χ1) is 12.1. The normalized spacial score (nSPS) is 24.7. The van der Waals surface area contributed by atoms with Gasteiger partial charge in [-0.1, -0.05) is 0 Å². The van der Waals surface area contributed by atoms with Crippen LogP contribution in [0.5, 0.6) is 0 Å². The maximum atomic E-state index is 12.6. The summed E-state index contributed by atoms with van der Waals surface area (Å²) in [5.74, 6) is 2.36. The van der Waals surface area contributed by atoms with E-state index in [9.17, 15) is 9.59 Å². The third kappa shape index (κ3) is 3.15. The van der Waals surface area contributed by atoms with Crippen LogP contribution in [0.4, 0.5) is 0 Å². The molecule has 3 aliphatic heterocycles. The fraction of sp³-hybridized carbons (Fsp3) is 0.765. The molecule has 136 valence electrons. The van der Waals surface area contributed by atoms with E-state index in [4.69, 9.17) is 4.74 Å². The number of fused-ring (bicyclic) bond motifs is 1. The number of aromatic nitrogens is 3. The molecular weight excluding hydrogens is 322 g/mol. The molecule has 0 unspecified atom stereocenters. The third-order valence-electron chi connectivity index (χ3n) is 5.49. The van der Waals surface area contributed by atoms with Gasteiger partial charge in [0.1, 0.15) is 5.82 Å². The lowest BCUT2D eigenvalue weighted by Crippen LogP contribution is -2.45. The first-order valence-electron chi connectivity index (χ1n) is 9.20. The molecule has 1 aromatic rings.